The van der Waals surface area contributed by atoms with Crippen molar-refractivity contribution < 1.29 is 18.4 Å². The molecule has 1 rings (SSSR count). The fourth-order valence-corrected chi connectivity index (χ4v) is 9.09. The second-order valence-corrected chi connectivity index (χ2v) is 10.6. The number of hydrogen-bond donors (Lipinski definition) is 1. The van der Waals surface area contributed by atoms with E-state index in [1.807, 2.05) is 0 Å². The monoisotopic (exact) mass is 369 g/mol. The zero-order valence-electron chi connectivity index (χ0n) is 16.1. The predicted octanol–water partition coefficient (Wildman–Crippen LogP) is 4.05. The maximum absolute atomic E-state index is 12.4. The Hall–Kier alpha value is 0.0169. The molecule has 5 nitrogen and oxygen atoms in total. The highest BCUT2D eigenvalue weighted by atomic mass is 35.5. The van der Waals surface area contributed by atoms with Crippen molar-refractivity contribution in [3.8, 4) is 0 Å². The molecule has 0 spiro atoms. The molecule has 0 saturated carbocycles. The molecule has 3 N–H and O–H groups in total. The van der Waals surface area contributed by atoms with Crippen molar-refractivity contribution >= 4 is 26.8 Å². The summed E-state index contributed by atoms with van der Waals surface area (Å²) in [6.07, 6.45) is 2.60. The fraction of sp³-hybridized carbons (Fsp3) is 0.938. The van der Waals surface area contributed by atoms with Gasteiger partial charge in [-0.15, -0.1) is 12.4 Å². The molecule has 0 aliphatic carbocycles. The number of hydrogen-bond acceptors (Lipinski definition) is 5. The molecule has 2 atom stereocenters. The number of carbonyl (C=O) groups excluding carboxylic acids is 1. The minimum atomic E-state index is -2.58. The van der Waals surface area contributed by atoms with Crippen molar-refractivity contribution in [3.05, 3.63) is 0 Å². The Morgan fingerprint density at radius 2 is 1.61 bits per heavy atom. The van der Waals surface area contributed by atoms with Crippen molar-refractivity contribution in [3.63, 3.8) is 0 Å². The van der Waals surface area contributed by atoms with Crippen molar-refractivity contribution in [2.24, 2.45) is 10.8 Å². The molecular weight excluding hydrogens is 334 g/mol. The lowest BCUT2D eigenvalue weighted by Crippen LogP contribution is -2.76. The summed E-state index contributed by atoms with van der Waals surface area (Å²) in [4.78, 5) is 12.4. The van der Waals surface area contributed by atoms with Crippen LogP contribution in [0.5, 0.6) is 0 Å². The van der Waals surface area contributed by atoms with Gasteiger partial charge >= 0.3 is 8.56 Å². The minimum absolute atomic E-state index is 0. The van der Waals surface area contributed by atoms with E-state index in [-0.39, 0.29) is 29.8 Å². The summed E-state index contributed by atoms with van der Waals surface area (Å²) in [5.74, 6) is 0.222. The molecule has 0 aromatic heterocycles. The number of rotatable bonds is 6. The number of carbonyl (C=O) groups is 1. The summed E-state index contributed by atoms with van der Waals surface area (Å²) in [5.41, 5.74) is -0.779. The molecule has 0 bridgehead atoms. The van der Waals surface area contributed by atoms with Gasteiger partial charge in [0, 0.05) is 32.2 Å². The Morgan fingerprint density at radius 1 is 1.13 bits per heavy atom. The maximum atomic E-state index is 12.4. The second kappa shape index (κ2) is 8.40. The molecule has 140 valence electrons. The van der Waals surface area contributed by atoms with Gasteiger partial charge in [-0.3, -0.25) is 4.79 Å². The van der Waals surface area contributed by atoms with E-state index in [0.717, 1.165) is 25.3 Å². The van der Waals surface area contributed by atoms with Crippen molar-refractivity contribution in [1.82, 2.24) is 6.15 Å². The van der Waals surface area contributed by atoms with Gasteiger partial charge in [0.05, 0.1) is 0 Å². The minimum Gasteiger partial charge on any atom is -0.396 e. The third-order valence-corrected chi connectivity index (χ3v) is 10.9. The molecule has 0 aromatic rings. The van der Waals surface area contributed by atoms with E-state index < -0.39 is 19.2 Å². The first kappa shape index (κ1) is 25.3. The van der Waals surface area contributed by atoms with Crippen LogP contribution in [-0.2, 0) is 18.4 Å². The molecule has 1 saturated heterocycles. The van der Waals surface area contributed by atoms with Gasteiger partial charge in [0.15, 0.2) is 0 Å². The third kappa shape index (κ3) is 3.14. The molecule has 23 heavy (non-hydrogen) atoms. The zero-order chi connectivity index (χ0) is 16.5. The van der Waals surface area contributed by atoms with Crippen LogP contribution in [0.15, 0.2) is 0 Å². The Labute approximate surface area is 149 Å². The van der Waals surface area contributed by atoms with Gasteiger partial charge in [-0.25, -0.2) is 0 Å². The Kier molecular flexibility index (Phi) is 9.23. The summed E-state index contributed by atoms with van der Waals surface area (Å²) >= 11 is 0. The predicted molar refractivity (Wildman–Crippen MR) is 98.7 cm³/mol. The third-order valence-electron chi connectivity index (χ3n) is 6.35. The number of halogens is 1. The number of ketones is 1. The summed E-state index contributed by atoms with van der Waals surface area (Å²) in [7, 11) is 2.62. The Bertz CT molecular complexity index is 404. The van der Waals surface area contributed by atoms with E-state index in [0.29, 0.717) is 0 Å². The van der Waals surface area contributed by atoms with E-state index >= 15 is 0 Å². The molecule has 0 aromatic carbocycles. The maximum Gasteiger partial charge on any atom is 0.371 e. The Morgan fingerprint density at radius 3 is 1.91 bits per heavy atom. The first-order valence-corrected chi connectivity index (χ1v) is 9.83. The average Bonchev–Trinajstić information content (AvgIpc) is 2.45. The van der Waals surface area contributed by atoms with Crippen molar-refractivity contribution in [2.45, 2.75) is 65.1 Å². The number of ether oxygens (including phenoxy) is 1. The lowest BCUT2D eigenvalue weighted by atomic mass is 9.58. The van der Waals surface area contributed by atoms with E-state index in [2.05, 4.69) is 27.7 Å². The molecule has 1 fully saturated rings. The largest absolute Gasteiger partial charge is 0.396 e. The number of methoxy groups -OCH3 is 1. The first-order chi connectivity index (χ1) is 9.64. The van der Waals surface area contributed by atoms with Gasteiger partial charge in [-0.05, 0) is 25.8 Å². The smallest absolute Gasteiger partial charge is 0.371 e. The van der Waals surface area contributed by atoms with Crippen molar-refractivity contribution in [2.75, 3.05) is 21.3 Å². The first-order valence-electron chi connectivity index (χ1n) is 7.81. The lowest BCUT2D eigenvalue weighted by molar-refractivity contribution is -0.165. The normalized spacial score (nSPS) is 31.7. The molecule has 2 unspecified atom stereocenters. The van der Waals surface area contributed by atoms with Crippen LogP contribution in [0.4, 0.5) is 0 Å². The van der Waals surface area contributed by atoms with Crippen molar-refractivity contribution in [1.29, 1.82) is 0 Å². The molecule has 1 aliphatic heterocycles. The van der Waals surface area contributed by atoms with Crippen LogP contribution in [0.3, 0.4) is 0 Å². The zero-order valence-corrected chi connectivity index (χ0v) is 17.9. The van der Waals surface area contributed by atoms with Crippen LogP contribution >= 0.6 is 12.4 Å². The highest BCUT2D eigenvalue weighted by Gasteiger charge is 2.72. The second-order valence-electron chi connectivity index (χ2n) is 6.96. The Balaban J connectivity index is 0. The van der Waals surface area contributed by atoms with Crippen LogP contribution in [0.25, 0.3) is 0 Å². The van der Waals surface area contributed by atoms with Gasteiger partial charge in [-0.1, -0.05) is 34.1 Å². The van der Waals surface area contributed by atoms with Gasteiger partial charge < -0.3 is 19.7 Å². The topological polar surface area (TPSA) is 79.8 Å². The highest BCUT2D eigenvalue weighted by molar-refractivity contribution is 6.71. The SMILES string of the molecule is CCCC1(OC)C(C)(C)C(C)(C(C)=O)CC[Si]1(OC)OC.Cl.N. The van der Waals surface area contributed by atoms with Gasteiger partial charge in [0.25, 0.3) is 0 Å². The average molecular weight is 370 g/mol. The van der Waals surface area contributed by atoms with Crippen LogP contribution in [-0.4, -0.2) is 40.9 Å². The lowest BCUT2D eigenvalue weighted by Gasteiger charge is -2.63. The molecule has 0 radical (unpaired) electrons. The number of Topliss-reactive ketones (excluding diaryl/α,β-unsaturated/α-hetero) is 1. The molecular formula is C16H36ClNO4Si. The molecule has 0 amide bonds. The summed E-state index contributed by atoms with van der Waals surface area (Å²) in [6.45, 7) is 10.2. The van der Waals surface area contributed by atoms with Crippen LogP contribution in [0.1, 0.15) is 53.9 Å². The molecule has 1 heterocycles. The molecule has 7 heteroatoms. The standard InChI is InChI=1S/C16H32O4Si.ClH.H3N/c1-9-10-16(18-6)14(3,4)15(5,13(2)17)11-12-21(16,19-7)20-8;;/h9-12H2,1-8H3;1H;1H3. The quantitative estimate of drug-likeness (QED) is 0.714. The van der Waals surface area contributed by atoms with E-state index in [1.54, 1.807) is 28.3 Å². The highest BCUT2D eigenvalue weighted by Crippen LogP contribution is 2.61. The van der Waals surface area contributed by atoms with E-state index in [1.165, 1.54) is 0 Å². The van der Waals surface area contributed by atoms with E-state index in [4.69, 9.17) is 13.6 Å². The van der Waals surface area contributed by atoms with Crippen LogP contribution in [0.2, 0.25) is 6.04 Å². The summed E-state index contributed by atoms with van der Waals surface area (Å²) in [6, 6.07) is 0.785. The fourth-order valence-electron chi connectivity index (χ4n) is 4.45. The van der Waals surface area contributed by atoms with Gasteiger partial charge in [0.1, 0.15) is 11.0 Å². The molecule has 1 aliphatic rings. The van der Waals surface area contributed by atoms with Gasteiger partial charge in [-0.2, -0.15) is 0 Å². The van der Waals surface area contributed by atoms with Gasteiger partial charge in [0.2, 0.25) is 0 Å². The van der Waals surface area contributed by atoms with Crippen LogP contribution < -0.4 is 6.15 Å². The van der Waals surface area contributed by atoms with Crippen LogP contribution in [0, 0.1) is 10.8 Å². The van der Waals surface area contributed by atoms with E-state index in [9.17, 15) is 4.79 Å². The summed E-state index contributed by atoms with van der Waals surface area (Å²) < 4.78 is 18.1. The summed E-state index contributed by atoms with van der Waals surface area (Å²) in [5, 5.41) is -0.531.